The van der Waals surface area contributed by atoms with E-state index in [4.69, 9.17) is 0 Å². The lowest BCUT2D eigenvalue weighted by molar-refractivity contribution is -0.132. The Hall–Kier alpha value is -2.16. The summed E-state index contributed by atoms with van der Waals surface area (Å²) in [5, 5.41) is 25.9. The quantitative estimate of drug-likeness (QED) is 0.646. The zero-order valence-corrected chi connectivity index (χ0v) is 18.8. The molecular weight excluding hydrogens is 404 g/mol. The van der Waals surface area contributed by atoms with Crippen LogP contribution in [0.25, 0.3) is 0 Å². The van der Waals surface area contributed by atoms with E-state index in [1.807, 2.05) is 0 Å². The molecule has 4 atom stereocenters. The summed E-state index contributed by atoms with van der Waals surface area (Å²) in [6, 6.07) is 3.98. The molecule has 0 aromatic heterocycles. The highest BCUT2D eigenvalue weighted by atomic mass is 16.2. The van der Waals surface area contributed by atoms with Gasteiger partial charge in [0.1, 0.15) is 12.1 Å². The molecule has 0 radical (unpaired) electrons. The highest BCUT2D eigenvalue weighted by Gasteiger charge is 2.57. The van der Waals surface area contributed by atoms with Gasteiger partial charge in [-0.05, 0) is 76.0 Å². The van der Waals surface area contributed by atoms with Gasteiger partial charge in [-0.1, -0.05) is 0 Å². The van der Waals surface area contributed by atoms with Crippen molar-refractivity contribution in [1.29, 1.82) is 10.5 Å². The topological polar surface area (TPSA) is 112 Å². The summed E-state index contributed by atoms with van der Waals surface area (Å²) in [6.07, 6.45) is 9.95. The van der Waals surface area contributed by atoms with E-state index >= 15 is 0 Å². The number of carbonyl (C=O) groups is 2. The molecule has 6 aliphatic rings. The van der Waals surface area contributed by atoms with Crippen molar-refractivity contribution in [1.82, 2.24) is 20.4 Å². The summed E-state index contributed by atoms with van der Waals surface area (Å²) in [6.45, 7) is 1.96. The minimum absolute atomic E-state index is 0.0403. The van der Waals surface area contributed by atoms with Crippen LogP contribution in [-0.4, -0.2) is 71.0 Å². The number of hydrogen-bond acceptors (Lipinski definition) is 6. The third-order valence-electron chi connectivity index (χ3n) is 8.73. The smallest absolute Gasteiger partial charge is 0.237 e. The van der Waals surface area contributed by atoms with Crippen LogP contribution in [0, 0.1) is 34.5 Å². The van der Waals surface area contributed by atoms with Crippen LogP contribution in [0.15, 0.2) is 0 Å². The van der Waals surface area contributed by atoms with E-state index in [2.05, 4.69) is 22.8 Å². The van der Waals surface area contributed by atoms with Gasteiger partial charge in [-0.3, -0.25) is 9.59 Å². The number of nitrogens with one attached hydrogen (secondary N) is 2. The van der Waals surface area contributed by atoms with E-state index in [1.54, 1.807) is 9.80 Å². The molecule has 0 aromatic rings. The van der Waals surface area contributed by atoms with Crippen molar-refractivity contribution in [2.45, 2.75) is 87.4 Å². The van der Waals surface area contributed by atoms with E-state index in [1.165, 1.54) is 6.42 Å². The van der Waals surface area contributed by atoms with Crippen LogP contribution in [-0.2, 0) is 9.59 Å². The number of nitriles is 2. The van der Waals surface area contributed by atoms with Crippen LogP contribution in [0.2, 0.25) is 0 Å². The van der Waals surface area contributed by atoms with Gasteiger partial charge in [0.2, 0.25) is 11.8 Å². The highest BCUT2D eigenvalue weighted by Crippen LogP contribution is 2.57. The predicted octanol–water partition coefficient (Wildman–Crippen LogP) is 1.29. The van der Waals surface area contributed by atoms with E-state index in [0.717, 1.165) is 57.8 Å². The molecule has 4 saturated carbocycles. The first-order valence-corrected chi connectivity index (χ1v) is 12.3. The number of hydrogen-bond donors (Lipinski definition) is 2. The van der Waals surface area contributed by atoms with E-state index < -0.39 is 0 Å². The molecule has 4 aliphatic carbocycles. The van der Waals surface area contributed by atoms with Crippen molar-refractivity contribution < 1.29 is 9.59 Å². The Balaban J connectivity index is 1.22. The molecule has 2 heterocycles. The molecule has 2 N–H and O–H groups in total. The molecule has 2 saturated heterocycles. The van der Waals surface area contributed by atoms with Gasteiger partial charge in [-0.25, -0.2) is 0 Å². The average molecular weight is 439 g/mol. The first-order chi connectivity index (χ1) is 15.4. The van der Waals surface area contributed by atoms with E-state index in [9.17, 15) is 20.1 Å². The summed E-state index contributed by atoms with van der Waals surface area (Å²) >= 11 is 0. The Morgan fingerprint density at radius 2 is 1.25 bits per heavy atom. The maximum Gasteiger partial charge on any atom is 0.237 e. The number of rotatable bonds is 6. The molecule has 8 heteroatoms. The Morgan fingerprint density at radius 3 is 1.66 bits per heavy atom. The van der Waals surface area contributed by atoms with Crippen molar-refractivity contribution >= 4 is 11.8 Å². The summed E-state index contributed by atoms with van der Waals surface area (Å²) in [5.74, 6) is 1.33. The van der Waals surface area contributed by atoms with Crippen LogP contribution in [0.4, 0.5) is 0 Å². The number of likely N-dealkylation sites (tertiary alicyclic amines) is 2. The van der Waals surface area contributed by atoms with Gasteiger partial charge >= 0.3 is 0 Å². The van der Waals surface area contributed by atoms with Crippen molar-refractivity contribution in [3.8, 4) is 12.1 Å². The highest BCUT2D eigenvalue weighted by molar-refractivity contribution is 5.80. The lowest BCUT2D eigenvalue weighted by atomic mass is 9.50. The molecule has 0 spiro atoms. The van der Waals surface area contributed by atoms with E-state index in [-0.39, 0.29) is 35.0 Å². The van der Waals surface area contributed by atoms with Crippen LogP contribution < -0.4 is 10.6 Å². The van der Waals surface area contributed by atoms with Gasteiger partial charge in [0.15, 0.2) is 0 Å². The fourth-order valence-corrected chi connectivity index (χ4v) is 7.80. The SMILES string of the molecule is N#CC1CCCN1C(=O)CNC12CC3CC(C1)CC(NCC(=O)N1CCC[C@H]1C#N)(C3)C2. The Bertz CT molecular complexity index is 780. The van der Waals surface area contributed by atoms with Crippen LogP contribution in [0.1, 0.15) is 64.2 Å². The molecule has 2 amide bonds. The van der Waals surface area contributed by atoms with Crippen molar-refractivity contribution in [2.24, 2.45) is 11.8 Å². The summed E-state index contributed by atoms with van der Waals surface area (Å²) in [5.41, 5.74) is -0.110. The number of amides is 2. The molecule has 4 bridgehead atoms. The van der Waals surface area contributed by atoms with Gasteiger partial charge in [0, 0.05) is 24.2 Å². The largest absolute Gasteiger partial charge is 0.326 e. The number of nitrogens with zero attached hydrogens (tertiary/aromatic N) is 4. The molecular formula is C24H34N6O2. The van der Waals surface area contributed by atoms with Crippen LogP contribution in [0.3, 0.4) is 0 Å². The van der Waals surface area contributed by atoms with Crippen molar-refractivity contribution in [3.05, 3.63) is 0 Å². The van der Waals surface area contributed by atoms with Gasteiger partial charge in [-0.15, -0.1) is 0 Å². The molecule has 2 aliphatic heterocycles. The first-order valence-electron chi connectivity index (χ1n) is 12.3. The number of carbonyl (C=O) groups excluding carboxylic acids is 2. The summed E-state index contributed by atoms with van der Waals surface area (Å²) in [7, 11) is 0. The summed E-state index contributed by atoms with van der Waals surface area (Å²) in [4.78, 5) is 29.1. The first kappa shape index (κ1) is 21.7. The zero-order valence-electron chi connectivity index (χ0n) is 18.8. The Morgan fingerprint density at radius 1 is 0.812 bits per heavy atom. The van der Waals surface area contributed by atoms with Gasteiger partial charge in [-0.2, -0.15) is 10.5 Å². The Kier molecular flexibility index (Phi) is 5.63. The molecule has 6 rings (SSSR count). The summed E-state index contributed by atoms with van der Waals surface area (Å²) < 4.78 is 0. The lowest BCUT2D eigenvalue weighted by Gasteiger charge is -2.62. The fraction of sp³-hybridized carbons (Fsp3) is 0.833. The average Bonchev–Trinajstić information content (AvgIpc) is 3.44. The van der Waals surface area contributed by atoms with Crippen molar-refractivity contribution in [2.75, 3.05) is 26.2 Å². The fourth-order valence-electron chi connectivity index (χ4n) is 7.80. The third-order valence-corrected chi connectivity index (χ3v) is 8.73. The Labute approximate surface area is 190 Å². The second-order valence-corrected chi connectivity index (χ2v) is 11.0. The molecule has 3 unspecified atom stereocenters. The minimum Gasteiger partial charge on any atom is -0.326 e. The molecule has 172 valence electrons. The van der Waals surface area contributed by atoms with Gasteiger partial charge in [0.25, 0.3) is 0 Å². The molecule has 32 heavy (non-hydrogen) atoms. The molecule has 0 aromatic carbocycles. The monoisotopic (exact) mass is 438 g/mol. The minimum atomic E-state index is -0.275. The normalized spacial score (nSPS) is 39.8. The lowest BCUT2D eigenvalue weighted by Crippen LogP contribution is -2.69. The molecule has 8 nitrogen and oxygen atoms in total. The zero-order chi connectivity index (χ0) is 22.3. The second-order valence-electron chi connectivity index (χ2n) is 11.0. The standard InChI is InChI=1S/C24H34N6O2/c25-12-19-3-1-5-29(19)21(31)14-27-23-8-17-7-18(9-23)11-24(10-17,16-23)28-15-22(32)30-6-2-4-20(30)13-26/h17-20,27-28H,1-11,14-16H2/t17?,18?,19-,20?,23?,24?/m0/s1. The predicted molar refractivity (Wildman–Crippen MR) is 117 cm³/mol. The maximum absolute atomic E-state index is 12.8. The van der Waals surface area contributed by atoms with Gasteiger partial charge < -0.3 is 20.4 Å². The molecule has 6 fully saturated rings. The van der Waals surface area contributed by atoms with Gasteiger partial charge in [0.05, 0.1) is 25.2 Å². The maximum atomic E-state index is 12.8. The van der Waals surface area contributed by atoms with E-state index in [0.29, 0.717) is 38.0 Å². The third kappa shape index (κ3) is 3.89. The second kappa shape index (κ2) is 8.32. The van der Waals surface area contributed by atoms with Crippen LogP contribution in [0.5, 0.6) is 0 Å². The van der Waals surface area contributed by atoms with Crippen LogP contribution >= 0.6 is 0 Å². The van der Waals surface area contributed by atoms with Crippen molar-refractivity contribution in [3.63, 3.8) is 0 Å².